The number of carbonyl (C=O) groups is 1. The fourth-order valence-electron chi connectivity index (χ4n) is 2.18. The van der Waals surface area contributed by atoms with Crippen LogP contribution < -0.4 is 10.2 Å². The van der Waals surface area contributed by atoms with Crippen LogP contribution in [0, 0.1) is 0 Å². The Morgan fingerprint density at radius 1 is 1.27 bits per heavy atom. The summed E-state index contributed by atoms with van der Waals surface area (Å²) in [5.74, 6) is 0.639. The van der Waals surface area contributed by atoms with Gasteiger partial charge in [0.1, 0.15) is 0 Å². The van der Waals surface area contributed by atoms with E-state index in [4.69, 9.17) is 0 Å². The van der Waals surface area contributed by atoms with Gasteiger partial charge in [-0.2, -0.15) is 0 Å². The second-order valence-electron chi connectivity index (χ2n) is 5.40. The molecule has 1 N–H and O–H groups in total. The topological polar surface area (TPSA) is 71.0 Å². The van der Waals surface area contributed by atoms with E-state index in [1.165, 1.54) is 11.3 Å². The van der Waals surface area contributed by atoms with Crippen LogP contribution in [0.15, 0.2) is 40.1 Å². The molecule has 136 valence electrons. The monoisotopic (exact) mass is 405 g/mol. The van der Waals surface area contributed by atoms with Crippen LogP contribution in [0.25, 0.3) is 0 Å². The van der Waals surface area contributed by atoms with Crippen molar-refractivity contribution in [2.75, 3.05) is 16.8 Å². The predicted octanol–water partition coefficient (Wildman–Crippen LogP) is 4.79. The van der Waals surface area contributed by atoms with E-state index in [0.717, 1.165) is 33.8 Å². The average molecular weight is 406 g/mol. The van der Waals surface area contributed by atoms with Crippen LogP contribution in [0.1, 0.15) is 26.0 Å². The van der Waals surface area contributed by atoms with Gasteiger partial charge in [0.05, 0.1) is 11.4 Å². The predicted molar refractivity (Wildman–Crippen MR) is 110 cm³/mol. The summed E-state index contributed by atoms with van der Waals surface area (Å²) >= 11 is 4.62. The van der Waals surface area contributed by atoms with Gasteiger partial charge in [0.15, 0.2) is 9.47 Å². The second-order valence-corrected chi connectivity index (χ2v) is 8.44. The zero-order valence-corrected chi connectivity index (χ0v) is 17.0. The third kappa shape index (κ3) is 4.80. The molecular weight excluding hydrogens is 386 g/mol. The maximum Gasteiger partial charge on any atom is 0.230 e. The molecule has 0 aliphatic heterocycles. The van der Waals surface area contributed by atoms with Crippen LogP contribution in [-0.2, 0) is 10.5 Å². The standard InChI is InChI=1S/C17H19N5OS3/c1-3-9-18-15-20-21-17(26-15)25-11-13-10-24-16(19-13)22(12(2)23)14-7-5-4-6-8-14/h4-8,10H,3,9,11H2,1-2H3,(H,18,20). The molecule has 3 rings (SSSR count). The first-order valence-electron chi connectivity index (χ1n) is 8.17. The number of nitrogens with zero attached hydrogens (tertiary/aromatic N) is 4. The van der Waals surface area contributed by atoms with Crippen LogP contribution in [-0.4, -0.2) is 27.6 Å². The molecule has 0 aliphatic carbocycles. The quantitative estimate of drug-likeness (QED) is 0.543. The third-order valence-corrected chi connectivity index (χ3v) is 6.26. The fourth-order valence-corrected chi connectivity index (χ4v) is 4.84. The molecule has 2 heterocycles. The Morgan fingerprint density at radius 3 is 2.81 bits per heavy atom. The van der Waals surface area contributed by atoms with E-state index in [-0.39, 0.29) is 5.91 Å². The Balaban J connectivity index is 1.65. The van der Waals surface area contributed by atoms with Gasteiger partial charge in [0, 0.05) is 24.6 Å². The maximum absolute atomic E-state index is 12.1. The molecule has 1 aromatic carbocycles. The second kappa shape index (κ2) is 9.11. The summed E-state index contributed by atoms with van der Waals surface area (Å²) < 4.78 is 0.907. The minimum atomic E-state index is -0.0551. The van der Waals surface area contributed by atoms with Gasteiger partial charge in [0.2, 0.25) is 11.0 Å². The number of benzene rings is 1. The molecule has 0 radical (unpaired) electrons. The normalized spacial score (nSPS) is 10.7. The number of amides is 1. The van der Waals surface area contributed by atoms with Crippen molar-refractivity contribution in [3.8, 4) is 0 Å². The molecule has 0 fully saturated rings. The molecule has 0 bridgehead atoms. The van der Waals surface area contributed by atoms with Gasteiger partial charge in [-0.3, -0.25) is 9.69 Å². The number of thiazole rings is 1. The minimum Gasteiger partial charge on any atom is -0.360 e. The Hall–Kier alpha value is -1.97. The van der Waals surface area contributed by atoms with E-state index >= 15 is 0 Å². The number of hydrogen-bond acceptors (Lipinski definition) is 8. The summed E-state index contributed by atoms with van der Waals surface area (Å²) in [4.78, 5) is 18.3. The number of aromatic nitrogens is 3. The van der Waals surface area contributed by atoms with Crippen molar-refractivity contribution in [1.82, 2.24) is 15.2 Å². The van der Waals surface area contributed by atoms with E-state index in [1.54, 1.807) is 34.9 Å². The van der Waals surface area contributed by atoms with Crippen molar-refractivity contribution in [3.05, 3.63) is 41.4 Å². The van der Waals surface area contributed by atoms with Gasteiger partial charge in [-0.05, 0) is 18.6 Å². The first-order valence-corrected chi connectivity index (χ1v) is 10.9. The van der Waals surface area contributed by atoms with Crippen LogP contribution in [0.5, 0.6) is 0 Å². The highest BCUT2D eigenvalue weighted by Crippen LogP contribution is 2.32. The van der Waals surface area contributed by atoms with E-state index < -0.39 is 0 Å². The third-order valence-electron chi connectivity index (χ3n) is 3.34. The highest BCUT2D eigenvalue weighted by atomic mass is 32.2. The van der Waals surface area contributed by atoms with Gasteiger partial charge >= 0.3 is 0 Å². The molecule has 1 amide bonds. The molecule has 0 atom stereocenters. The highest BCUT2D eigenvalue weighted by Gasteiger charge is 2.17. The highest BCUT2D eigenvalue weighted by molar-refractivity contribution is 8.00. The molecule has 0 saturated carbocycles. The Labute approximate surface area is 164 Å². The number of hydrogen-bond donors (Lipinski definition) is 1. The lowest BCUT2D eigenvalue weighted by Gasteiger charge is -2.17. The molecule has 26 heavy (non-hydrogen) atoms. The lowest BCUT2D eigenvalue weighted by Crippen LogP contribution is -2.22. The van der Waals surface area contributed by atoms with Gasteiger partial charge in [-0.25, -0.2) is 4.98 Å². The molecule has 0 spiro atoms. The lowest BCUT2D eigenvalue weighted by molar-refractivity contribution is -0.115. The largest absolute Gasteiger partial charge is 0.360 e. The van der Waals surface area contributed by atoms with E-state index in [0.29, 0.717) is 10.9 Å². The lowest BCUT2D eigenvalue weighted by atomic mass is 10.3. The molecule has 0 unspecified atom stereocenters. The van der Waals surface area contributed by atoms with Crippen molar-refractivity contribution in [2.24, 2.45) is 0 Å². The SMILES string of the molecule is CCCNc1nnc(SCc2csc(N(C(C)=O)c3ccccc3)n2)s1. The first kappa shape index (κ1) is 18.8. The van der Waals surface area contributed by atoms with Gasteiger partial charge in [-0.1, -0.05) is 48.2 Å². The summed E-state index contributed by atoms with van der Waals surface area (Å²) in [6, 6.07) is 9.56. The van der Waals surface area contributed by atoms with Crippen molar-refractivity contribution < 1.29 is 4.79 Å². The number of thioether (sulfide) groups is 1. The summed E-state index contributed by atoms with van der Waals surface area (Å²) in [6.45, 7) is 4.56. The molecule has 0 aliphatic rings. The van der Waals surface area contributed by atoms with Gasteiger partial charge in [0.25, 0.3) is 0 Å². The molecule has 9 heteroatoms. The van der Waals surface area contributed by atoms with E-state index in [9.17, 15) is 4.79 Å². The Bertz CT molecular complexity index is 849. The number of carbonyl (C=O) groups excluding carboxylic acids is 1. The fraction of sp³-hybridized carbons (Fsp3) is 0.294. The summed E-state index contributed by atoms with van der Waals surface area (Å²) in [5.41, 5.74) is 1.75. The number of anilines is 3. The van der Waals surface area contributed by atoms with Crippen LogP contribution >= 0.6 is 34.4 Å². The Kier molecular flexibility index (Phi) is 6.59. The maximum atomic E-state index is 12.1. The Morgan fingerprint density at radius 2 is 2.08 bits per heavy atom. The molecule has 2 aromatic heterocycles. The summed E-state index contributed by atoms with van der Waals surface area (Å²) in [5, 5.41) is 15.1. The molecule has 3 aromatic rings. The molecular formula is C17H19N5OS3. The number of nitrogens with one attached hydrogen (secondary N) is 1. The molecule has 6 nitrogen and oxygen atoms in total. The number of rotatable bonds is 8. The summed E-state index contributed by atoms with van der Waals surface area (Å²) in [7, 11) is 0. The van der Waals surface area contributed by atoms with Crippen LogP contribution in [0.4, 0.5) is 16.0 Å². The van der Waals surface area contributed by atoms with Crippen molar-refractivity contribution in [2.45, 2.75) is 30.4 Å². The zero-order valence-electron chi connectivity index (χ0n) is 14.5. The first-order chi connectivity index (χ1) is 12.7. The van der Waals surface area contributed by atoms with Crippen molar-refractivity contribution in [3.63, 3.8) is 0 Å². The van der Waals surface area contributed by atoms with Gasteiger partial charge in [-0.15, -0.1) is 21.5 Å². The van der Waals surface area contributed by atoms with E-state index in [1.807, 2.05) is 35.7 Å². The average Bonchev–Trinajstić information content (AvgIpc) is 3.28. The smallest absolute Gasteiger partial charge is 0.230 e. The van der Waals surface area contributed by atoms with Crippen molar-refractivity contribution >= 4 is 56.3 Å². The van der Waals surface area contributed by atoms with E-state index in [2.05, 4.69) is 27.4 Å². The van der Waals surface area contributed by atoms with Gasteiger partial charge < -0.3 is 5.32 Å². The summed E-state index contributed by atoms with van der Waals surface area (Å²) in [6.07, 6.45) is 1.05. The number of para-hydroxylation sites is 1. The minimum absolute atomic E-state index is 0.0551. The van der Waals surface area contributed by atoms with Crippen molar-refractivity contribution in [1.29, 1.82) is 0 Å². The van der Waals surface area contributed by atoms with Crippen LogP contribution in [0.2, 0.25) is 0 Å². The zero-order chi connectivity index (χ0) is 18.4. The van der Waals surface area contributed by atoms with Crippen LogP contribution in [0.3, 0.4) is 0 Å². The molecule has 0 saturated heterocycles.